The fourth-order valence-corrected chi connectivity index (χ4v) is 14.0. The zero-order valence-electron chi connectivity index (χ0n) is 55.4. The number of aliphatic carboxylic acids is 8. The summed E-state index contributed by atoms with van der Waals surface area (Å²) in [6.45, 7) is 9.20. The van der Waals surface area contributed by atoms with Crippen molar-refractivity contribution in [1.29, 1.82) is 0 Å². The number of rotatable bonds is 40. The van der Waals surface area contributed by atoms with Gasteiger partial charge in [-0.05, 0) is 111 Å². The molecule has 16 N–H and O–H groups in total. The molecule has 0 spiro atoms. The maximum absolute atomic E-state index is 17.1. The van der Waals surface area contributed by atoms with Crippen LogP contribution in [0.25, 0.3) is 0 Å². The number of amides is 8. The lowest BCUT2D eigenvalue weighted by Crippen LogP contribution is -2.56. The maximum atomic E-state index is 17.1. The number of carbonyl (C=O) groups is 15. The summed E-state index contributed by atoms with van der Waals surface area (Å²) >= 11 is 0. The van der Waals surface area contributed by atoms with E-state index in [9.17, 15) is 108 Å². The first-order valence-corrected chi connectivity index (χ1v) is 32.8. The quantitative estimate of drug-likeness (QED) is 0.0350. The molecule has 5 atom stereocenters. The molecule has 0 bridgehead atoms. The summed E-state index contributed by atoms with van der Waals surface area (Å²) in [7, 11) is -3.03. The fourth-order valence-electron chi connectivity index (χ4n) is 10.2. The number of nitrogens with one attached hydrogen (secondary N) is 8. The lowest BCUT2D eigenvalue weighted by molar-refractivity contribution is -0.142. The second-order valence-corrected chi connectivity index (χ2v) is 29.0. The summed E-state index contributed by atoms with van der Waals surface area (Å²) in [4.78, 5) is 192. The van der Waals surface area contributed by atoms with Crippen LogP contribution in [0.1, 0.15) is 123 Å². The minimum absolute atomic E-state index is 0.00567. The highest BCUT2D eigenvalue weighted by Crippen LogP contribution is 2.73. The van der Waals surface area contributed by atoms with E-state index in [0.717, 1.165) is 0 Å². The number of unbranched alkanes of at least 4 members (excludes halogenated alkanes) is 1. The molecule has 35 nitrogen and oxygen atoms in total. The van der Waals surface area contributed by atoms with Gasteiger partial charge in [0.05, 0.1) is 26.2 Å². The highest BCUT2D eigenvalue weighted by Gasteiger charge is 2.48. The third kappa shape index (κ3) is 32.2. The van der Waals surface area contributed by atoms with Gasteiger partial charge in [0.25, 0.3) is 5.91 Å². The first kappa shape index (κ1) is 84.3. The standard InChI is InChI=1S/C60H95FN12O23S/c1-59(2,3)97(61,60(4,5)6)38-14-12-37(13-15-38)52(86)67-43(32-64-47(77)33-70-24-26-71(34-49(80)81)28-30-73(36-51(84)85)31-29-72(27-25-70)35-50(82)83)53(87)66-40(55(90)91)10-7-8-22-62-44(74)19-20-45(75)63-23-9-11-39(54(88)89)65-46(76)18-16-41(56(92)93)68-58(96)69-42(57(94)95)17-21-48(78)79/h12-15,39-43H,7-11,16-36H2,1-6H3,(H,62,74)(H,63,75)(H,64,77)(H,65,76)(H,66,87)(H,67,86)(H,78,79)(H,80,81)(H,82,83)(H,84,85)(H,88,89)(H,90,91)(H,92,93)(H,94,95)(H2,68,69,96)/t39?,40-,41+,42+,43?/m1/s1. The van der Waals surface area contributed by atoms with Gasteiger partial charge in [-0.3, -0.25) is 67.5 Å². The molecule has 1 fully saturated rings. The van der Waals surface area contributed by atoms with Gasteiger partial charge >= 0.3 is 53.8 Å². The van der Waals surface area contributed by atoms with Crippen molar-refractivity contribution < 1.29 is 117 Å². The summed E-state index contributed by atoms with van der Waals surface area (Å²) in [6, 6.07) is -3.65. The third-order valence-electron chi connectivity index (χ3n) is 15.2. The van der Waals surface area contributed by atoms with Crippen LogP contribution in [0.15, 0.2) is 29.2 Å². The highest BCUT2D eigenvalue weighted by atomic mass is 32.3. The Morgan fingerprint density at radius 3 is 1.20 bits per heavy atom. The second kappa shape index (κ2) is 41.3. The average Bonchev–Trinajstić information content (AvgIpc) is 0.749. The molecule has 37 heteroatoms. The Labute approximate surface area is 561 Å². The molecule has 0 aromatic heterocycles. The lowest BCUT2D eigenvalue weighted by Gasteiger charge is -2.52. The van der Waals surface area contributed by atoms with Crippen molar-refractivity contribution in [1.82, 2.24) is 62.1 Å². The Balaban J connectivity index is 2.09. The molecule has 1 aliphatic rings. The Bertz CT molecular complexity index is 2870. The van der Waals surface area contributed by atoms with Gasteiger partial charge in [0.2, 0.25) is 29.5 Å². The Morgan fingerprint density at radius 1 is 0.412 bits per heavy atom. The number of urea groups is 1. The Hall–Kier alpha value is -8.81. The zero-order valence-corrected chi connectivity index (χ0v) is 56.2. The van der Waals surface area contributed by atoms with Gasteiger partial charge < -0.3 is 83.4 Å². The first-order valence-electron chi connectivity index (χ1n) is 31.3. The summed E-state index contributed by atoms with van der Waals surface area (Å²) in [5.41, 5.74) is -0.00567. The minimum atomic E-state index is -3.03. The Kier molecular flexibility index (Phi) is 35.9. The smallest absolute Gasteiger partial charge is 0.326 e. The zero-order chi connectivity index (χ0) is 73.4. The molecule has 1 aromatic rings. The predicted molar refractivity (Wildman–Crippen MR) is 344 cm³/mol. The topological polar surface area (TPSA) is 527 Å². The lowest BCUT2D eigenvalue weighted by atomic mass is 10.1. The van der Waals surface area contributed by atoms with Crippen LogP contribution in [0.3, 0.4) is 0 Å². The van der Waals surface area contributed by atoms with Gasteiger partial charge in [0.1, 0.15) is 30.2 Å². The minimum Gasteiger partial charge on any atom is -0.481 e. The number of carboxylic acids is 8. The molecule has 2 unspecified atom stereocenters. The predicted octanol–water partition coefficient (Wildman–Crippen LogP) is -1.03. The van der Waals surface area contributed by atoms with Gasteiger partial charge in [-0.15, -0.1) is 0 Å². The van der Waals surface area contributed by atoms with E-state index in [-0.39, 0.29) is 129 Å². The normalized spacial score (nSPS) is 15.7. The van der Waals surface area contributed by atoms with Gasteiger partial charge in [-0.1, -0.05) is 10.4 Å². The van der Waals surface area contributed by atoms with Crippen LogP contribution >= 0.6 is 10.4 Å². The summed E-state index contributed by atoms with van der Waals surface area (Å²) in [5.74, 6) is -15.6. The van der Waals surface area contributed by atoms with Crippen LogP contribution < -0.4 is 42.5 Å². The summed E-state index contributed by atoms with van der Waals surface area (Å²) in [6.07, 6.45) is -3.01. The number of hydrogen-bond acceptors (Lipinski definition) is 19. The van der Waals surface area contributed by atoms with E-state index in [1.54, 1.807) is 61.1 Å². The van der Waals surface area contributed by atoms with Crippen LogP contribution in [0, 0.1) is 0 Å². The van der Waals surface area contributed by atoms with Crippen molar-refractivity contribution in [2.75, 3.05) is 98.2 Å². The molecular weight excluding hydrogens is 1310 g/mol. The van der Waals surface area contributed by atoms with E-state index in [0.29, 0.717) is 4.90 Å². The van der Waals surface area contributed by atoms with Crippen LogP contribution in [0.4, 0.5) is 8.68 Å². The molecular formula is C60H95FN12O23S. The van der Waals surface area contributed by atoms with Gasteiger partial charge in [0.15, 0.2) is 0 Å². The van der Waals surface area contributed by atoms with E-state index >= 15 is 3.89 Å². The molecule has 97 heavy (non-hydrogen) atoms. The number of hydrogen-bond donors (Lipinski definition) is 16. The molecule has 0 aliphatic carbocycles. The molecule has 0 saturated carbocycles. The average molecular weight is 1400 g/mol. The third-order valence-corrected chi connectivity index (χ3v) is 19.5. The largest absolute Gasteiger partial charge is 0.481 e. The Morgan fingerprint density at radius 2 is 0.794 bits per heavy atom. The van der Waals surface area contributed by atoms with Crippen LogP contribution in [0.2, 0.25) is 0 Å². The van der Waals surface area contributed by atoms with Crippen LogP contribution in [0.5, 0.6) is 0 Å². The van der Waals surface area contributed by atoms with Crippen LogP contribution in [-0.4, -0.2) is 288 Å². The van der Waals surface area contributed by atoms with Gasteiger partial charge in [-0.2, -0.15) is 3.89 Å². The molecule has 1 aromatic carbocycles. The van der Waals surface area contributed by atoms with Gasteiger partial charge in [0, 0.05) is 118 Å². The van der Waals surface area contributed by atoms with E-state index in [1.165, 1.54) is 24.3 Å². The number of benzene rings is 1. The monoisotopic (exact) mass is 1400 g/mol. The number of nitrogens with zero attached hydrogens (tertiary/aromatic N) is 4. The van der Waals surface area contributed by atoms with Crippen molar-refractivity contribution in [3.8, 4) is 0 Å². The van der Waals surface area contributed by atoms with E-state index in [4.69, 9.17) is 5.11 Å². The summed E-state index contributed by atoms with van der Waals surface area (Å²) < 4.78 is 15.5. The van der Waals surface area contributed by atoms with Crippen molar-refractivity contribution in [2.45, 2.75) is 157 Å². The molecule has 0 radical (unpaired) electrons. The molecule has 1 aliphatic heterocycles. The molecule has 546 valence electrons. The second-order valence-electron chi connectivity index (χ2n) is 25.0. The number of carboxylic acid groups (broad SMARTS) is 8. The van der Waals surface area contributed by atoms with Gasteiger partial charge in [-0.25, -0.2) is 24.0 Å². The van der Waals surface area contributed by atoms with Crippen molar-refractivity contribution in [2.24, 2.45) is 0 Å². The van der Waals surface area contributed by atoms with E-state index < -0.39 is 185 Å². The molecule has 1 heterocycles. The van der Waals surface area contributed by atoms with Crippen molar-refractivity contribution in [3.63, 3.8) is 0 Å². The van der Waals surface area contributed by atoms with Crippen molar-refractivity contribution >= 4 is 99.6 Å². The molecule has 2 rings (SSSR count). The molecule has 1 saturated heterocycles. The summed E-state index contributed by atoms with van der Waals surface area (Å²) in [5, 5.41) is 94.9. The first-order chi connectivity index (χ1) is 45.2. The number of halogens is 1. The fraction of sp³-hybridized carbons (Fsp3) is 0.650. The SMILES string of the molecule is CC(C)(C)S(F)(c1ccc(C(=O)NC(CNC(=O)CN2CCN(CC(=O)O)CCN(CC(=O)O)CCN(CC(=O)O)CC2)C(=O)N[C@H](CCCCNC(=O)CCC(=O)NCCCC(NC(=O)CC[C@H](NC(=O)N[C@@H](CCC(=O)O)C(=O)O)C(=O)O)C(=O)O)C(=O)O)cc1)C(C)(C)C. The van der Waals surface area contributed by atoms with Crippen molar-refractivity contribution in [3.05, 3.63) is 29.8 Å². The van der Waals surface area contributed by atoms with E-state index in [1.807, 2.05) is 10.6 Å². The number of carbonyl (C=O) groups excluding carboxylic acids is 7. The molecule has 8 amide bonds. The van der Waals surface area contributed by atoms with Crippen LogP contribution in [-0.2, 0) is 62.3 Å². The highest BCUT2D eigenvalue weighted by molar-refractivity contribution is 8.31. The van der Waals surface area contributed by atoms with E-state index in [2.05, 4.69) is 31.9 Å². The maximum Gasteiger partial charge on any atom is 0.326 e.